The second-order valence-corrected chi connectivity index (χ2v) is 7.88. The molecule has 0 aliphatic carbocycles. The largest absolute Gasteiger partial charge is 0.444 e. The lowest BCUT2D eigenvalue weighted by Gasteiger charge is -2.22. The summed E-state index contributed by atoms with van der Waals surface area (Å²) in [5.74, 6) is 0. The molecule has 0 aliphatic rings. The van der Waals surface area contributed by atoms with Crippen LogP contribution in [0.5, 0.6) is 0 Å². The molecule has 0 saturated heterocycles. The maximum Gasteiger partial charge on any atom is 0.408 e. The van der Waals surface area contributed by atoms with Crippen LogP contribution in [0.1, 0.15) is 44.9 Å². The third kappa shape index (κ3) is 5.88. The highest BCUT2D eigenvalue weighted by molar-refractivity contribution is 5.69. The van der Waals surface area contributed by atoms with Crippen LogP contribution in [0.25, 0.3) is 11.1 Å². The summed E-state index contributed by atoms with van der Waals surface area (Å²) in [6.45, 7) is 8.43. The number of amides is 1. The van der Waals surface area contributed by atoms with Gasteiger partial charge in [0.2, 0.25) is 0 Å². The van der Waals surface area contributed by atoms with Gasteiger partial charge in [0.05, 0.1) is 6.04 Å². The summed E-state index contributed by atoms with van der Waals surface area (Å²) in [4.78, 5) is 14.1. The number of nitrogens with zero attached hydrogens (tertiary/aromatic N) is 1. The molecule has 0 spiro atoms. The number of rotatable bonds is 5. The zero-order chi connectivity index (χ0) is 19.3. The predicted molar refractivity (Wildman–Crippen MR) is 107 cm³/mol. The molecule has 0 fully saturated rings. The summed E-state index contributed by atoms with van der Waals surface area (Å²) >= 11 is 0. The van der Waals surface area contributed by atoms with Crippen LogP contribution in [0.3, 0.4) is 0 Å². The number of alkyl carbamates (subject to hydrolysis) is 1. The van der Waals surface area contributed by atoms with Crippen LogP contribution < -0.4 is 5.32 Å². The summed E-state index contributed by atoms with van der Waals surface area (Å²) in [7, 11) is 4.15. The highest BCUT2D eigenvalue weighted by Gasteiger charge is 2.18. The Labute approximate surface area is 157 Å². The van der Waals surface area contributed by atoms with E-state index in [-0.39, 0.29) is 6.04 Å². The molecule has 1 N–H and O–H groups in total. The van der Waals surface area contributed by atoms with Crippen molar-refractivity contribution >= 4 is 6.09 Å². The standard InChI is InChI=1S/C22H30N2O2/c1-16(23-21(25)26-22(2,3)4)17-11-13-18(14-12-17)20-10-8-7-9-19(20)15-24(5)6/h7-14,16H,15H2,1-6H3,(H,23,25)/t16-/m1/s1. The fourth-order valence-corrected chi connectivity index (χ4v) is 2.80. The molecule has 0 bridgehead atoms. The van der Waals surface area contributed by atoms with Crippen molar-refractivity contribution in [3.05, 3.63) is 59.7 Å². The van der Waals surface area contributed by atoms with Gasteiger partial charge in [-0.25, -0.2) is 4.79 Å². The predicted octanol–water partition coefficient (Wildman–Crippen LogP) is 5.00. The maximum absolute atomic E-state index is 11.9. The van der Waals surface area contributed by atoms with E-state index in [1.54, 1.807) is 0 Å². The highest BCUT2D eigenvalue weighted by Crippen LogP contribution is 2.26. The van der Waals surface area contributed by atoms with Gasteiger partial charge in [-0.1, -0.05) is 48.5 Å². The maximum atomic E-state index is 11.9. The lowest BCUT2D eigenvalue weighted by Crippen LogP contribution is -2.34. The van der Waals surface area contributed by atoms with Crippen molar-refractivity contribution in [3.63, 3.8) is 0 Å². The molecule has 4 heteroatoms. The minimum absolute atomic E-state index is 0.115. The molecule has 0 unspecified atom stereocenters. The Morgan fingerprint density at radius 1 is 1.08 bits per heavy atom. The van der Waals surface area contributed by atoms with Crippen molar-refractivity contribution < 1.29 is 9.53 Å². The second-order valence-electron chi connectivity index (χ2n) is 7.88. The number of hydrogen-bond acceptors (Lipinski definition) is 3. The Morgan fingerprint density at radius 2 is 1.69 bits per heavy atom. The highest BCUT2D eigenvalue weighted by atomic mass is 16.6. The quantitative estimate of drug-likeness (QED) is 0.821. The van der Waals surface area contributed by atoms with Gasteiger partial charge in [-0.05, 0) is 64.0 Å². The van der Waals surface area contributed by atoms with Gasteiger partial charge < -0.3 is 15.0 Å². The molecule has 2 aromatic rings. The second kappa shape index (κ2) is 8.37. The van der Waals surface area contributed by atoms with Crippen molar-refractivity contribution in [2.24, 2.45) is 0 Å². The molecule has 0 aromatic heterocycles. The lowest BCUT2D eigenvalue weighted by molar-refractivity contribution is 0.0508. The third-order valence-corrected chi connectivity index (χ3v) is 3.96. The fourth-order valence-electron chi connectivity index (χ4n) is 2.80. The Bertz CT molecular complexity index is 731. The van der Waals surface area contributed by atoms with Gasteiger partial charge >= 0.3 is 6.09 Å². The molecule has 140 valence electrons. The van der Waals surface area contributed by atoms with E-state index in [9.17, 15) is 4.79 Å². The normalized spacial score (nSPS) is 12.7. The van der Waals surface area contributed by atoms with E-state index in [0.29, 0.717) is 0 Å². The van der Waals surface area contributed by atoms with Crippen LogP contribution in [0.2, 0.25) is 0 Å². The third-order valence-electron chi connectivity index (χ3n) is 3.96. The van der Waals surface area contributed by atoms with Gasteiger partial charge in [0.1, 0.15) is 5.60 Å². The van der Waals surface area contributed by atoms with Crippen molar-refractivity contribution in [3.8, 4) is 11.1 Å². The summed E-state index contributed by atoms with van der Waals surface area (Å²) in [6, 6.07) is 16.7. The Hall–Kier alpha value is -2.33. The molecule has 0 aliphatic heterocycles. The monoisotopic (exact) mass is 354 g/mol. The average Bonchev–Trinajstić information content (AvgIpc) is 2.53. The number of hydrogen-bond donors (Lipinski definition) is 1. The van der Waals surface area contributed by atoms with Gasteiger partial charge in [-0.15, -0.1) is 0 Å². The molecule has 4 nitrogen and oxygen atoms in total. The minimum Gasteiger partial charge on any atom is -0.444 e. The molecule has 0 saturated carbocycles. The van der Waals surface area contributed by atoms with Crippen LogP contribution in [0.15, 0.2) is 48.5 Å². The molecule has 0 radical (unpaired) electrons. The number of nitrogens with one attached hydrogen (secondary N) is 1. The molecule has 1 amide bonds. The summed E-state index contributed by atoms with van der Waals surface area (Å²) < 4.78 is 5.32. The van der Waals surface area contributed by atoms with Crippen molar-refractivity contribution in [1.82, 2.24) is 10.2 Å². The minimum atomic E-state index is -0.496. The molecule has 2 rings (SSSR count). The zero-order valence-electron chi connectivity index (χ0n) is 16.7. The summed E-state index contributed by atoms with van der Waals surface area (Å²) in [5.41, 5.74) is 4.26. The van der Waals surface area contributed by atoms with Gasteiger partial charge in [0.25, 0.3) is 0 Å². The van der Waals surface area contributed by atoms with Crippen LogP contribution in [0.4, 0.5) is 4.79 Å². The molecular formula is C22H30N2O2. The molecule has 2 aromatic carbocycles. The number of ether oxygens (including phenoxy) is 1. The first kappa shape index (κ1) is 20.0. The van der Waals surface area contributed by atoms with Crippen LogP contribution in [0, 0.1) is 0 Å². The van der Waals surface area contributed by atoms with E-state index in [2.05, 4.69) is 72.8 Å². The van der Waals surface area contributed by atoms with E-state index >= 15 is 0 Å². The zero-order valence-corrected chi connectivity index (χ0v) is 16.7. The fraction of sp³-hybridized carbons (Fsp3) is 0.409. The van der Waals surface area contributed by atoms with E-state index in [1.165, 1.54) is 16.7 Å². The summed E-state index contributed by atoms with van der Waals surface area (Å²) in [5, 5.41) is 2.88. The lowest BCUT2D eigenvalue weighted by atomic mass is 9.97. The SMILES string of the molecule is C[C@@H](NC(=O)OC(C)(C)C)c1ccc(-c2ccccc2CN(C)C)cc1. The number of carbonyl (C=O) groups excluding carboxylic acids is 1. The van der Waals surface area contributed by atoms with Crippen LogP contribution in [-0.2, 0) is 11.3 Å². The van der Waals surface area contributed by atoms with E-state index in [0.717, 1.165) is 12.1 Å². The number of benzene rings is 2. The van der Waals surface area contributed by atoms with Gasteiger partial charge in [0.15, 0.2) is 0 Å². The van der Waals surface area contributed by atoms with Gasteiger partial charge in [0, 0.05) is 6.54 Å². The Morgan fingerprint density at radius 3 is 2.27 bits per heavy atom. The van der Waals surface area contributed by atoms with Crippen molar-refractivity contribution in [1.29, 1.82) is 0 Å². The Kier molecular flexibility index (Phi) is 6.43. The van der Waals surface area contributed by atoms with E-state index in [1.807, 2.05) is 27.7 Å². The molecule has 26 heavy (non-hydrogen) atoms. The number of carbonyl (C=O) groups is 1. The summed E-state index contributed by atoms with van der Waals surface area (Å²) in [6.07, 6.45) is -0.398. The molecular weight excluding hydrogens is 324 g/mol. The average molecular weight is 354 g/mol. The van der Waals surface area contributed by atoms with Gasteiger partial charge in [-0.3, -0.25) is 0 Å². The topological polar surface area (TPSA) is 41.6 Å². The van der Waals surface area contributed by atoms with Crippen LogP contribution >= 0.6 is 0 Å². The van der Waals surface area contributed by atoms with Gasteiger partial charge in [-0.2, -0.15) is 0 Å². The van der Waals surface area contributed by atoms with E-state index in [4.69, 9.17) is 4.74 Å². The molecule has 1 atom stereocenters. The Balaban J connectivity index is 2.12. The molecule has 0 heterocycles. The first-order valence-electron chi connectivity index (χ1n) is 8.98. The van der Waals surface area contributed by atoms with Crippen molar-refractivity contribution in [2.45, 2.75) is 45.9 Å². The first-order chi connectivity index (χ1) is 12.2. The van der Waals surface area contributed by atoms with Crippen molar-refractivity contribution in [2.75, 3.05) is 14.1 Å². The van der Waals surface area contributed by atoms with Crippen LogP contribution in [-0.4, -0.2) is 30.7 Å². The first-order valence-corrected chi connectivity index (χ1v) is 8.98. The smallest absolute Gasteiger partial charge is 0.408 e. The van der Waals surface area contributed by atoms with E-state index < -0.39 is 11.7 Å².